The molecule has 0 bridgehead atoms. The van der Waals surface area contributed by atoms with Gasteiger partial charge in [-0.25, -0.2) is 0 Å². The van der Waals surface area contributed by atoms with Crippen LogP contribution < -0.4 is 5.32 Å². The molecule has 1 fully saturated rings. The molecule has 1 atom stereocenters. The molecule has 72 valence electrons. The first-order chi connectivity index (χ1) is 6.45. The molecule has 4 nitrogen and oxygen atoms in total. The number of piperidine rings is 1. The van der Waals surface area contributed by atoms with E-state index in [1.807, 2.05) is 4.57 Å². The van der Waals surface area contributed by atoms with Crippen LogP contribution in [0.4, 0.5) is 0 Å². The quantitative estimate of drug-likeness (QED) is 0.748. The molecule has 0 aromatic carbocycles. The lowest BCUT2D eigenvalue weighted by Gasteiger charge is -2.23. The molecular formula is C9H16N4. The molecule has 2 heterocycles. The summed E-state index contributed by atoms with van der Waals surface area (Å²) >= 11 is 0. The predicted octanol–water partition coefficient (Wildman–Crippen LogP) is 0.810. The van der Waals surface area contributed by atoms with Gasteiger partial charge in [-0.2, -0.15) is 0 Å². The van der Waals surface area contributed by atoms with Gasteiger partial charge in [0.25, 0.3) is 0 Å². The van der Waals surface area contributed by atoms with Gasteiger partial charge in [-0.1, -0.05) is 6.42 Å². The van der Waals surface area contributed by atoms with Crippen molar-refractivity contribution in [3.05, 3.63) is 12.7 Å². The minimum Gasteiger partial charge on any atom is -0.320 e. The average molecular weight is 180 g/mol. The molecule has 0 aliphatic carbocycles. The topological polar surface area (TPSA) is 42.7 Å². The molecule has 13 heavy (non-hydrogen) atoms. The van der Waals surface area contributed by atoms with E-state index < -0.39 is 0 Å². The zero-order valence-corrected chi connectivity index (χ0v) is 7.82. The highest BCUT2D eigenvalue weighted by atomic mass is 15.2. The van der Waals surface area contributed by atoms with E-state index in [9.17, 15) is 0 Å². The Balaban J connectivity index is 1.72. The molecule has 0 amide bonds. The molecule has 1 unspecified atom stereocenters. The summed E-state index contributed by atoms with van der Waals surface area (Å²) in [5, 5.41) is 11.1. The second-order valence-corrected chi connectivity index (χ2v) is 3.64. The lowest BCUT2D eigenvalue weighted by atomic mass is 10.0. The van der Waals surface area contributed by atoms with Gasteiger partial charge in [0, 0.05) is 12.6 Å². The number of nitrogens with zero attached hydrogens (tertiary/aromatic N) is 3. The van der Waals surface area contributed by atoms with Crippen LogP contribution in [-0.2, 0) is 6.54 Å². The number of hydrogen-bond donors (Lipinski definition) is 1. The van der Waals surface area contributed by atoms with Gasteiger partial charge in [-0.3, -0.25) is 0 Å². The highest BCUT2D eigenvalue weighted by molar-refractivity contribution is 4.73. The van der Waals surface area contributed by atoms with Crippen LogP contribution in [0.2, 0.25) is 0 Å². The normalized spacial score (nSPS) is 23.2. The van der Waals surface area contributed by atoms with Crippen molar-refractivity contribution in [3.8, 4) is 0 Å². The Kier molecular flexibility index (Phi) is 2.92. The van der Waals surface area contributed by atoms with E-state index >= 15 is 0 Å². The monoisotopic (exact) mass is 180 g/mol. The molecule has 0 saturated carbocycles. The summed E-state index contributed by atoms with van der Waals surface area (Å²) in [6.07, 6.45) is 8.79. The van der Waals surface area contributed by atoms with Crippen LogP contribution in [0.25, 0.3) is 0 Å². The van der Waals surface area contributed by atoms with Crippen molar-refractivity contribution in [2.45, 2.75) is 38.3 Å². The molecule has 4 heteroatoms. The van der Waals surface area contributed by atoms with E-state index in [-0.39, 0.29) is 0 Å². The Morgan fingerprint density at radius 1 is 1.31 bits per heavy atom. The van der Waals surface area contributed by atoms with Crippen molar-refractivity contribution in [2.24, 2.45) is 0 Å². The Morgan fingerprint density at radius 2 is 2.15 bits per heavy atom. The predicted molar refractivity (Wildman–Crippen MR) is 50.3 cm³/mol. The van der Waals surface area contributed by atoms with Crippen molar-refractivity contribution in [1.82, 2.24) is 20.1 Å². The highest BCUT2D eigenvalue weighted by Crippen LogP contribution is 2.10. The van der Waals surface area contributed by atoms with E-state index in [0.29, 0.717) is 6.04 Å². The smallest absolute Gasteiger partial charge is 0.119 e. The van der Waals surface area contributed by atoms with E-state index in [2.05, 4.69) is 15.5 Å². The first kappa shape index (κ1) is 8.69. The Labute approximate surface area is 78.4 Å². The SMILES string of the molecule is c1nncn1CCC1CCCCN1. The van der Waals surface area contributed by atoms with Gasteiger partial charge in [-0.05, 0) is 25.8 Å². The third kappa shape index (κ3) is 2.52. The second kappa shape index (κ2) is 4.37. The molecule has 1 N–H and O–H groups in total. The van der Waals surface area contributed by atoms with Crippen molar-refractivity contribution in [2.75, 3.05) is 6.54 Å². The van der Waals surface area contributed by atoms with Crippen LogP contribution in [0.15, 0.2) is 12.7 Å². The lowest BCUT2D eigenvalue weighted by Crippen LogP contribution is -2.34. The minimum absolute atomic E-state index is 0.705. The largest absolute Gasteiger partial charge is 0.320 e. The van der Waals surface area contributed by atoms with Gasteiger partial charge in [0.1, 0.15) is 12.7 Å². The zero-order valence-electron chi connectivity index (χ0n) is 7.82. The third-order valence-corrected chi connectivity index (χ3v) is 2.61. The van der Waals surface area contributed by atoms with Gasteiger partial charge in [0.15, 0.2) is 0 Å². The van der Waals surface area contributed by atoms with Gasteiger partial charge < -0.3 is 9.88 Å². The summed E-state index contributed by atoms with van der Waals surface area (Å²) in [6, 6.07) is 0.705. The first-order valence-corrected chi connectivity index (χ1v) is 5.01. The van der Waals surface area contributed by atoms with Crippen molar-refractivity contribution >= 4 is 0 Å². The molecule has 2 rings (SSSR count). The molecule has 0 spiro atoms. The lowest BCUT2D eigenvalue weighted by molar-refractivity contribution is 0.366. The van der Waals surface area contributed by atoms with Gasteiger partial charge in [-0.15, -0.1) is 10.2 Å². The van der Waals surface area contributed by atoms with Gasteiger partial charge in [0.2, 0.25) is 0 Å². The van der Waals surface area contributed by atoms with Crippen LogP contribution in [0.5, 0.6) is 0 Å². The van der Waals surface area contributed by atoms with Crippen molar-refractivity contribution in [3.63, 3.8) is 0 Å². The summed E-state index contributed by atoms with van der Waals surface area (Å²) < 4.78 is 2.04. The number of nitrogens with one attached hydrogen (secondary N) is 1. The second-order valence-electron chi connectivity index (χ2n) is 3.64. The molecule has 0 radical (unpaired) electrons. The minimum atomic E-state index is 0.705. The molecular weight excluding hydrogens is 164 g/mol. The number of aryl methyl sites for hydroxylation is 1. The van der Waals surface area contributed by atoms with Crippen LogP contribution in [0, 0.1) is 0 Å². The maximum atomic E-state index is 3.78. The number of aromatic nitrogens is 3. The molecule has 1 saturated heterocycles. The van der Waals surface area contributed by atoms with E-state index in [4.69, 9.17) is 0 Å². The van der Waals surface area contributed by atoms with Crippen molar-refractivity contribution < 1.29 is 0 Å². The summed E-state index contributed by atoms with van der Waals surface area (Å²) in [5.74, 6) is 0. The van der Waals surface area contributed by atoms with E-state index in [0.717, 1.165) is 6.54 Å². The van der Waals surface area contributed by atoms with E-state index in [1.54, 1.807) is 12.7 Å². The molecule has 1 aromatic heterocycles. The fourth-order valence-corrected chi connectivity index (χ4v) is 1.81. The van der Waals surface area contributed by atoms with Crippen LogP contribution >= 0.6 is 0 Å². The summed E-state index contributed by atoms with van der Waals surface area (Å²) in [7, 11) is 0. The zero-order chi connectivity index (χ0) is 8.93. The Hall–Kier alpha value is -0.900. The van der Waals surface area contributed by atoms with Crippen LogP contribution in [-0.4, -0.2) is 27.4 Å². The molecule has 1 aliphatic heterocycles. The van der Waals surface area contributed by atoms with Crippen LogP contribution in [0.3, 0.4) is 0 Å². The fourth-order valence-electron chi connectivity index (χ4n) is 1.81. The third-order valence-electron chi connectivity index (χ3n) is 2.61. The van der Waals surface area contributed by atoms with Gasteiger partial charge >= 0.3 is 0 Å². The average Bonchev–Trinajstić information content (AvgIpc) is 2.69. The summed E-state index contributed by atoms with van der Waals surface area (Å²) in [5.41, 5.74) is 0. The molecule has 1 aliphatic rings. The maximum Gasteiger partial charge on any atom is 0.119 e. The standard InChI is InChI=1S/C9H16N4/c1-2-5-10-9(3-1)4-6-13-7-11-12-8-13/h7-10H,1-6H2. The maximum absolute atomic E-state index is 3.78. The Bertz CT molecular complexity index is 226. The first-order valence-electron chi connectivity index (χ1n) is 5.01. The van der Waals surface area contributed by atoms with E-state index in [1.165, 1.54) is 32.2 Å². The summed E-state index contributed by atoms with van der Waals surface area (Å²) in [4.78, 5) is 0. The van der Waals surface area contributed by atoms with Crippen molar-refractivity contribution in [1.29, 1.82) is 0 Å². The number of hydrogen-bond acceptors (Lipinski definition) is 3. The fraction of sp³-hybridized carbons (Fsp3) is 0.778. The van der Waals surface area contributed by atoms with Crippen LogP contribution in [0.1, 0.15) is 25.7 Å². The highest BCUT2D eigenvalue weighted by Gasteiger charge is 2.11. The Morgan fingerprint density at radius 3 is 2.85 bits per heavy atom. The number of rotatable bonds is 3. The molecule has 1 aromatic rings. The van der Waals surface area contributed by atoms with Gasteiger partial charge in [0.05, 0.1) is 0 Å². The summed E-state index contributed by atoms with van der Waals surface area (Å²) in [6.45, 7) is 2.22.